The highest BCUT2D eigenvalue weighted by atomic mass is 127. The fourth-order valence-corrected chi connectivity index (χ4v) is 2.89. The van der Waals surface area contributed by atoms with Gasteiger partial charge < -0.3 is 15.8 Å². The van der Waals surface area contributed by atoms with Crippen LogP contribution >= 0.6 is 24.0 Å². The van der Waals surface area contributed by atoms with Crippen molar-refractivity contribution >= 4 is 29.9 Å². The maximum absolute atomic E-state index is 5.86. The van der Waals surface area contributed by atoms with Crippen LogP contribution in [0.4, 0.5) is 0 Å². The van der Waals surface area contributed by atoms with Crippen molar-refractivity contribution in [1.82, 2.24) is 5.32 Å². The number of aliphatic imine (C=N–C) groups is 1. The first-order chi connectivity index (χ1) is 8.84. The Balaban J connectivity index is 0.00000180. The van der Waals surface area contributed by atoms with E-state index < -0.39 is 0 Å². The van der Waals surface area contributed by atoms with Gasteiger partial charge in [0.2, 0.25) is 0 Å². The number of guanidine groups is 1. The summed E-state index contributed by atoms with van der Waals surface area (Å²) < 4.78 is 5.79. The quantitative estimate of drug-likeness (QED) is 0.322. The number of ether oxygens (including phenoxy) is 1. The SMILES string of the molecule is I.NC(=NCCCOC1CCCC1)NC1CCCC1. The second-order valence-electron chi connectivity index (χ2n) is 5.52. The third kappa shape index (κ3) is 6.79. The van der Waals surface area contributed by atoms with E-state index in [-0.39, 0.29) is 24.0 Å². The molecule has 0 aromatic carbocycles. The van der Waals surface area contributed by atoms with Gasteiger partial charge in [-0.2, -0.15) is 0 Å². The Kier molecular flexibility index (Phi) is 8.77. The van der Waals surface area contributed by atoms with E-state index in [4.69, 9.17) is 10.5 Å². The number of rotatable bonds is 6. The first-order valence-electron chi connectivity index (χ1n) is 7.52. The smallest absolute Gasteiger partial charge is 0.188 e. The lowest BCUT2D eigenvalue weighted by Crippen LogP contribution is -2.38. The van der Waals surface area contributed by atoms with Crippen molar-refractivity contribution < 1.29 is 4.74 Å². The third-order valence-electron chi connectivity index (χ3n) is 3.95. The first kappa shape index (κ1) is 17.0. The van der Waals surface area contributed by atoms with Gasteiger partial charge in [-0.25, -0.2) is 0 Å². The minimum absolute atomic E-state index is 0. The second-order valence-corrected chi connectivity index (χ2v) is 5.52. The van der Waals surface area contributed by atoms with Crippen molar-refractivity contribution in [3.63, 3.8) is 0 Å². The molecule has 2 aliphatic rings. The molecule has 0 amide bonds. The minimum Gasteiger partial charge on any atom is -0.378 e. The molecule has 0 radical (unpaired) electrons. The maximum Gasteiger partial charge on any atom is 0.188 e. The molecular formula is C14H28IN3O. The van der Waals surface area contributed by atoms with E-state index in [9.17, 15) is 0 Å². The van der Waals surface area contributed by atoms with Crippen LogP contribution < -0.4 is 11.1 Å². The largest absolute Gasteiger partial charge is 0.378 e. The molecule has 0 aromatic rings. The summed E-state index contributed by atoms with van der Waals surface area (Å²) in [6.07, 6.45) is 11.8. The zero-order valence-corrected chi connectivity index (χ0v) is 14.1. The summed E-state index contributed by atoms with van der Waals surface area (Å²) in [7, 11) is 0. The van der Waals surface area contributed by atoms with Gasteiger partial charge in [0.25, 0.3) is 0 Å². The molecule has 0 aliphatic heterocycles. The van der Waals surface area contributed by atoms with E-state index in [1.165, 1.54) is 51.4 Å². The molecule has 0 aromatic heterocycles. The average molecular weight is 381 g/mol. The summed E-state index contributed by atoms with van der Waals surface area (Å²) >= 11 is 0. The van der Waals surface area contributed by atoms with Gasteiger partial charge in [-0.15, -0.1) is 24.0 Å². The summed E-state index contributed by atoms with van der Waals surface area (Å²) in [5.41, 5.74) is 5.86. The lowest BCUT2D eigenvalue weighted by atomic mass is 10.2. The second kappa shape index (κ2) is 9.80. The maximum atomic E-state index is 5.86. The molecule has 0 bridgehead atoms. The Morgan fingerprint density at radius 1 is 1.11 bits per heavy atom. The van der Waals surface area contributed by atoms with E-state index in [0.29, 0.717) is 18.1 Å². The van der Waals surface area contributed by atoms with Crippen LogP contribution in [-0.4, -0.2) is 31.3 Å². The molecule has 2 aliphatic carbocycles. The molecule has 4 nitrogen and oxygen atoms in total. The summed E-state index contributed by atoms with van der Waals surface area (Å²) in [4.78, 5) is 4.36. The van der Waals surface area contributed by atoms with Crippen LogP contribution in [0.15, 0.2) is 4.99 Å². The van der Waals surface area contributed by atoms with Crippen LogP contribution in [-0.2, 0) is 4.74 Å². The Morgan fingerprint density at radius 2 is 1.74 bits per heavy atom. The molecule has 5 heteroatoms. The molecule has 19 heavy (non-hydrogen) atoms. The molecule has 112 valence electrons. The summed E-state index contributed by atoms with van der Waals surface area (Å²) in [5, 5.41) is 3.30. The predicted octanol–water partition coefficient (Wildman–Crippen LogP) is 2.80. The lowest BCUT2D eigenvalue weighted by Gasteiger charge is -2.12. The normalized spacial score (nSPS) is 21.6. The zero-order chi connectivity index (χ0) is 12.6. The summed E-state index contributed by atoms with van der Waals surface area (Å²) in [6, 6.07) is 0.559. The van der Waals surface area contributed by atoms with E-state index in [1.807, 2.05) is 0 Å². The zero-order valence-electron chi connectivity index (χ0n) is 11.8. The third-order valence-corrected chi connectivity index (χ3v) is 3.95. The fraction of sp³-hybridized carbons (Fsp3) is 0.929. The molecule has 2 saturated carbocycles. The molecule has 2 fully saturated rings. The standard InChI is InChI=1S/C14H27N3O.HI/c15-14(17-12-6-1-2-7-12)16-10-5-11-18-13-8-3-4-9-13;/h12-13H,1-11H2,(H3,15,16,17);1H. The number of nitrogens with two attached hydrogens (primary N) is 1. The number of halogens is 1. The Bertz CT molecular complexity index is 261. The molecule has 0 unspecified atom stereocenters. The van der Waals surface area contributed by atoms with Gasteiger partial charge in [-0.1, -0.05) is 25.7 Å². The minimum atomic E-state index is 0. The molecule has 3 N–H and O–H groups in total. The van der Waals surface area contributed by atoms with Crippen LogP contribution in [0.25, 0.3) is 0 Å². The van der Waals surface area contributed by atoms with Crippen LogP contribution in [0, 0.1) is 0 Å². The monoisotopic (exact) mass is 381 g/mol. The van der Waals surface area contributed by atoms with Crippen molar-refractivity contribution in [2.45, 2.75) is 69.9 Å². The molecule has 0 saturated heterocycles. The van der Waals surface area contributed by atoms with Gasteiger partial charge in [0.1, 0.15) is 0 Å². The van der Waals surface area contributed by atoms with Gasteiger partial charge in [-0.05, 0) is 32.1 Å². The van der Waals surface area contributed by atoms with E-state index in [0.717, 1.165) is 19.6 Å². The highest BCUT2D eigenvalue weighted by Crippen LogP contribution is 2.20. The van der Waals surface area contributed by atoms with E-state index >= 15 is 0 Å². The van der Waals surface area contributed by atoms with Crippen LogP contribution in [0.2, 0.25) is 0 Å². The molecule has 0 heterocycles. The Hall–Kier alpha value is -0.0400. The lowest BCUT2D eigenvalue weighted by molar-refractivity contribution is 0.0579. The van der Waals surface area contributed by atoms with Crippen LogP contribution in [0.5, 0.6) is 0 Å². The Labute approximate surface area is 134 Å². The number of nitrogens with zero attached hydrogens (tertiary/aromatic N) is 1. The molecule has 0 atom stereocenters. The van der Waals surface area contributed by atoms with Gasteiger partial charge in [0.15, 0.2) is 5.96 Å². The fourth-order valence-electron chi connectivity index (χ4n) is 2.89. The van der Waals surface area contributed by atoms with Crippen molar-refractivity contribution in [2.24, 2.45) is 10.7 Å². The predicted molar refractivity (Wildman–Crippen MR) is 90.1 cm³/mol. The Morgan fingerprint density at radius 3 is 2.42 bits per heavy atom. The van der Waals surface area contributed by atoms with E-state index in [1.54, 1.807) is 0 Å². The average Bonchev–Trinajstić information content (AvgIpc) is 3.01. The van der Waals surface area contributed by atoms with Gasteiger partial charge in [0.05, 0.1) is 6.10 Å². The van der Waals surface area contributed by atoms with Crippen LogP contribution in [0.1, 0.15) is 57.8 Å². The number of hydrogen-bond donors (Lipinski definition) is 2. The molecular weight excluding hydrogens is 353 g/mol. The van der Waals surface area contributed by atoms with Gasteiger partial charge in [-0.3, -0.25) is 4.99 Å². The highest BCUT2D eigenvalue weighted by Gasteiger charge is 2.15. The van der Waals surface area contributed by atoms with Crippen LogP contribution in [0.3, 0.4) is 0 Å². The van der Waals surface area contributed by atoms with E-state index in [2.05, 4.69) is 10.3 Å². The highest BCUT2D eigenvalue weighted by molar-refractivity contribution is 14.0. The van der Waals surface area contributed by atoms with Gasteiger partial charge >= 0.3 is 0 Å². The van der Waals surface area contributed by atoms with Crippen molar-refractivity contribution in [3.8, 4) is 0 Å². The topological polar surface area (TPSA) is 59.6 Å². The van der Waals surface area contributed by atoms with Gasteiger partial charge in [0, 0.05) is 19.2 Å². The van der Waals surface area contributed by atoms with Crippen molar-refractivity contribution in [1.29, 1.82) is 0 Å². The number of nitrogens with one attached hydrogen (secondary N) is 1. The first-order valence-corrected chi connectivity index (χ1v) is 7.52. The summed E-state index contributed by atoms with van der Waals surface area (Å²) in [6.45, 7) is 1.60. The molecule has 2 rings (SSSR count). The van der Waals surface area contributed by atoms with Crippen molar-refractivity contribution in [2.75, 3.05) is 13.2 Å². The van der Waals surface area contributed by atoms with Crippen molar-refractivity contribution in [3.05, 3.63) is 0 Å². The summed E-state index contributed by atoms with van der Waals surface area (Å²) in [5.74, 6) is 0.614. The number of hydrogen-bond acceptors (Lipinski definition) is 2. The molecule has 0 spiro atoms.